The number of carbonyl (C=O) groups is 1. The van der Waals surface area contributed by atoms with Gasteiger partial charge in [-0.25, -0.2) is 18.4 Å². The molecule has 1 atom stereocenters. The first-order valence-corrected chi connectivity index (χ1v) is 9.35. The minimum absolute atomic E-state index is 0.124. The van der Waals surface area contributed by atoms with Gasteiger partial charge in [0, 0.05) is 19.2 Å². The number of hydrogen-bond acceptors (Lipinski definition) is 8. The summed E-state index contributed by atoms with van der Waals surface area (Å²) >= 11 is 0. The number of morpholine rings is 1. The van der Waals surface area contributed by atoms with Crippen molar-refractivity contribution in [3.05, 3.63) is 28.3 Å². The molecule has 0 bridgehead atoms. The molecule has 26 heavy (non-hydrogen) atoms. The summed E-state index contributed by atoms with van der Waals surface area (Å²) < 4.78 is 33.2. The van der Waals surface area contributed by atoms with Crippen LogP contribution in [0.3, 0.4) is 0 Å². The summed E-state index contributed by atoms with van der Waals surface area (Å²) in [6.07, 6.45) is -0.838. The minimum Gasteiger partial charge on any atom is -0.450 e. The molecule has 1 amide bonds. The molecule has 0 saturated carbocycles. The Morgan fingerprint density at radius 1 is 1.54 bits per heavy atom. The molecule has 1 saturated heterocycles. The second kappa shape index (κ2) is 8.29. The van der Waals surface area contributed by atoms with Crippen LogP contribution in [0.2, 0.25) is 0 Å². The predicted octanol–water partition coefficient (Wildman–Crippen LogP) is 0.511. The summed E-state index contributed by atoms with van der Waals surface area (Å²) in [5.41, 5.74) is -0.297. The Bertz CT molecular complexity index is 784. The lowest BCUT2D eigenvalue weighted by Crippen LogP contribution is -2.48. The molecule has 1 aliphatic heterocycles. The molecule has 1 heterocycles. The van der Waals surface area contributed by atoms with Crippen molar-refractivity contribution in [3.63, 3.8) is 0 Å². The molecule has 11 nitrogen and oxygen atoms in total. The van der Waals surface area contributed by atoms with Crippen molar-refractivity contribution in [1.29, 1.82) is 0 Å². The second-order valence-corrected chi connectivity index (χ2v) is 7.06. The normalized spacial score (nSPS) is 17.6. The lowest BCUT2D eigenvalue weighted by Gasteiger charge is -2.32. The van der Waals surface area contributed by atoms with E-state index in [0.29, 0.717) is 13.2 Å². The van der Waals surface area contributed by atoms with Crippen LogP contribution in [-0.4, -0.2) is 63.3 Å². The Hall–Kier alpha value is -2.44. The summed E-state index contributed by atoms with van der Waals surface area (Å²) in [4.78, 5) is 23.4. The van der Waals surface area contributed by atoms with Gasteiger partial charge in [-0.15, -0.1) is 0 Å². The van der Waals surface area contributed by atoms with Crippen molar-refractivity contribution >= 4 is 27.5 Å². The third-order valence-corrected chi connectivity index (χ3v) is 4.59. The highest BCUT2D eigenvalue weighted by atomic mass is 32.2. The van der Waals surface area contributed by atoms with Crippen LogP contribution in [0, 0.1) is 10.1 Å². The Morgan fingerprint density at radius 3 is 2.88 bits per heavy atom. The summed E-state index contributed by atoms with van der Waals surface area (Å²) in [7, 11) is -4.05. The number of primary sulfonamides is 1. The van der Waals surface area contributed by atoms with Gasteiger partial charge in [0.1, 0.15) is 5.69 Å². The van der Waals surface area contributed by atoms with Crippen LogP contribution < -0.4 is 10.5 Å². The summed E-state index contributed by atoms with van der Waals surface area (Å²) in [6, 6.07) is 3.34. The molecule has 3 N–H and O–H groups in total. The van der Waals surface area contributed by atoms with Gasteiger partial charge in [-0.1, -0.05) is 0 Å². The molecule has 0 aromatic heterocycles. The van der Waals surface area contributed by atoms with Crippen molar-refractivity contribution in [2.75, 3.05) is 38.2 Å². The maximum Gasteiger partial charge on any atom is 0.409 e. The number of nitrogens with one attached hydrogen (secondary N) is 1. The first-order valence-electron chi connectivity index (χ1n) is 7.80. The Balaban J connectivity index is 2.07. The standard InChI is InChI=1S/C14H20N4O7S/c1-2-24-14(19)17-5-6-25-10(9-17)8-16-12-4-3-11(26(15,22)23)7-13(12)18(20)21/h3-4,7,10,16H,2,5-6,8-9H2,1H3,(H2,15,22,23). The summed E-state index contributed by atoms with van der Waals surface area (Å²) in [6.45, 7) is 3.15. The van der Waals surface area contributed by atoms with Gasteiger partial charge in [0.15, 0.2) is 0 Å². The lowest BCUT2D eigenvalue weighted by atomic mass is 10.2. The molecular formula is C14H20N4O7S. The first-order chi connectivity index (χ1) is 12.2. The SMILES string of the molecule is CCOC(=O)N1CCOC(CNc2ccc(S(N)(=O)=O)cc2[N+](=O)[O-])C1. The molecule has 12 heteroatoms. The molecule has 1 aliphatic rings. The number of nitrogens with zero attached hydrogens (tertiary/aromatic N) is 2. The molecule has 0 radical (unpaired) electrons. The quantitative estimate of drug-likeness (QED) is 0.528. The molecule has 0 spiro atoms. The van der Waals surface area contributed by atoms with Crippen molar-refractivity contribution < 1.29 is 27.6 Å². The number of ether oxygens (including phenoxy) is 2. The van der Waals surface area contributed by atoms with E-state index >= 15 is 0 Å². The maximum atomic E-state index is 11.8. The van der Waals surface area contributed by atoms with E-state index in [1.54, 1.807) is 6.92 Å². The number of nitrogens with two attached hydrogens (primary N) is 1. The highest BCUT2D eigenvalue weighted by Crippen LogP contribution is 2.27. The molecule has 0 aliphatic carbocycles. The fraction of sp³-hybridized carbons (Fsp3) is 0.500. The van der Waals surface area contributed by atoms with E-state index in [0.717, 1.165) is 6.07 Å². The average Bonchev–Trinajstić information content (AvgIpc) is 2.59. The highest BCUT2D eigenvalue weighted by molar-refractivity contribution is 7.89. The number of nitro groups is 1. The molecule has 1 aromatic rings. The van der Waals surface area contributed by atoms with Crippen molar-refractivity contribution in [2.45, 2.75) is 17.9 Å². The molecule has 2 rings (SSSR count). The van der Waals surface area contributed by atoms with E-state index in [1.165, 1.54) is 17.0 Å². The minimum atomic E-state index is -4.05. The number of anilines is 1. The zero-order chi connectivity index (χ0) is 19.3. The Morgan fingerprint density at radius 2 is 2.27 bits per heavy atom. The van der Waals surface area contributed by atoms with Gasteiger partial charge < -0.3 is 19.7 Å². The topological polar surface area (TPSA) is 154 Å². The number of benzene rings is 1. The summed E-state index contributed by atoms with van der Waals surface area (Å²) in [5.74, 6) is 0. The smallest absolute Gasteiger partial charge is 0.409 e. The van der Waals surface area contributed by atoms with Gasteiger partial charge in [-0.05, 0) is 19.1 Å². The van der Waals surface area contributed by atoms with Crippen LogP contribution in [0.25, 0.3) is 0 Å². The van der Waals surface area contributed by atoms with Gasteiger partial charge in [-0.2, -0.15) is 0 Å². The van der Waals surface area contributed by atoms with Gasteiger partial charge in [0.25, 0.3) is 5.69 Å². The molecular weight excluding hydrogens is 368 g/mol. The monoisotopic (exact) mass is 388 g/mol. The first kappa shape index (κ1) is 19.9. The van der Waals surface area contributed by atoms with E-state index in [-0.39, 0.29) is 30.3 Å². The highest BCUT2D eigenvalue weighted by Gasteiger charge is 2.26. The average molecular weight is 388 g/mol. The third kappa shape index (κ3) is 5.03. The maximum absolute atomic E-state index is 11.8. The van der Waals surface area contributed by atoms with Gasteiger partial charge in [0.2, 0.25) is 10.0 Å². The van der Waals surface area contributed by atoms with Crippen molar-refractivity contribution in [1.82, 2.24) is 4.90 Å². The van der Waals surface area contributed by atoms with Crippen LogP contribution in [0.1, 0.15) is 6.92 Å². The van der Waals surface area contributed by atoms with Crippen LogP contribution in [-0.2, 0) is 19.5 Å². The van der Waals surface area contributed by atoms with E-state index in [2.05, 4.69) is 5.32 Å². The molecule has 1 unspecified atom stereocenters. The van der Waals surface area contributed by atoms with Gasteiger partial charge >= 0.3 is 6.09 Å². The number of carbonyl (C=O) groups excluding carboxylic acids is 1. The molecule has 144 valence electrons. The van der Waals surface area contributed by atoms with E-state index in [9.17, 15) is 23.3 Å². The van der Waals surface area contributed by atoms with E-state index < -0.39 is 32.8 Å². The molecule has 1 fully saturated rings. The van der Waals surface area contributed by atoms with Crippen LogP contribution in [0.15, 0.2) is 23.1 Å². The number of rotatable bonds is 6. The number of hydrogen-bond donors (Lipinski definition) is 2. The van der Waals surface area contributed by atoms with E-state index in [1.807, 2.05) is 0 Å². The van der Waals surface area contributed by atoms with Crippen LogP contribution in [0.4, 0.5) is 16.2 Å². The predicted molar refractivity (Wildman–Crippen MR) is 91.3 cm³/mol. The Kier molecular flexibility index (Phi) is 6.34. The lowest BCUT2D eigenvalue weighted by molar-refractivity contribution is -0.384. The number of amides is 1. The fourth-order valence-corrected chi connectivity index (χ4v) is 2.97. The fourth-order valence-electron chi connectivity index (χ4n) is 2.44. The van der Waals surface area contributed by atoms with E-state index in [4.69, 9.17) is 14.6 Å². The zero-order valence-electron chi connectivity index (χ0n) is 14.1. The number of sulfonamides is 1. The molecule has 1 aromatic carbocycles. The summed E-state index contributed by atoms with van der Waals surface area (Å²) in [5, 5.41) is 19.0. The van der Waals surface area contributed by atoms with Crippen LogP contribution in [0.5, 0.6) is 0 Å². The number of nitro benzene ring substituents is 1. The zero-order valence-corrected chi connectivity index (χ0v) is 14.9. The van der Waals surface area contributed by atoms with Crippen LogP contribution >= 0.6 is 0 Å². The van der Waals surface area contributed by atoms with Crippen molar-refractivity contribution in [2.24, 2.45) is 5.14 Å². The third-order valence-electron chi connectivity index (χ3n) is 3.68. The van der Waals surface area contributed by atoms with Crippen molar-refractivity contribution in [3.8, 4) is 0 Å². The van der Waals surface area contributed by atoms with Gasteiger partial charge in [0.05, 0.1) is 35.7 Å². The Labute approximate surface area is 150 Å². The van der Waals surface area contributed by atoms with Gasteiger partial charge in [-0.3, -0.25) is 10.1 Å². The second-order valence-electron chi connectivity index (χ2n) is 5.50. The largest absolute Gasteiger partial charge is 0.450 e.